The molecule has 0 saturated heterocycles. The number of hydrogen-bond donors (Lipinski definition) is 1. The lowest BCUT2D eigenvalue weighted by molar-refractivity contribution is -0.130. The third-order valence-corrected chi connectivity index (χ3v) is 4.11. The fraction of sp³-hybridized carbons (Fsp3) is 0.333. The van der Waals surface area contributed by atoms with Gasteiger partial charge in [-0.15, -0.1) is 0 Å². The molecule has 1 aromatic heterocycles. The number of carbonyl (C=O) groups excluding carboxylic acids is 2. The zero-order valence-electron chi connectivity index (χ0n) is 13.4. The Bertz CT molecular complexity index is 733. The average Bonchev–Trinajstić information content (AvgIpc) is 2.62. The lowest BCUT2D eigenvalue weighted by Gasteiger charge is -2.27. The summed E-state index contributed by atoms with van der Waals surface area (Å²) in [4.78, 5) is 32.0. The quantitative estimate of drug-likeness (QED) is 0.872. The van der Waals surface area contributed by atoms with Crippen molar-refractivity contribution in [3.05, 3.63) is 59.7 Å². The van der Waals surface area contributed by atoms with Crippen LogP contribution in [0.5, 0.6) is 0 Å². The van der Waals surface area contributed by atoms with Crippen LogP contribution in [0.3, 0.4) is 0 Å². The standard InChI is InChI=1S/C18H19N3O3/c1-12(24-18(23)16-11-19-9-10-20-16)17(22)21-15-8-4-6-13-5-2-3-7-14(13)15/h2-3,5,7,9-12,15H,4,6,8H2,1H3,(H,21,22)/t12-,15+/m1/s1. The van der Waals surface area contributed by atoms with Gasteiger partial charge in [0.1, 0.15) is 0 Å². The molecule has 1 aliphatic rings. The van der Waals surface area contributed by atoms with Crippen LogP contribution in [0.15, 0.2) is 42.9 Å². The molecule has 3 rings (SSSR count). The number of nitrogens with one attached hydrogen (secondary N) is 1. The Morgan fingerprint density at radius 2 is 2.12 bits per heavy atom. The second-order valence-electron chi connectivity index (χ2n) is 5.79. The van der Waals surface area contributed by atoms with Crippen molar-refractivity contribution in [3.63, 3.8) is 0 Å². The first-order valence-electron chi connectivity index (χ1n) is 8.00. The van der Waals surface area contributed by atoms with Crippen LogP contribution in [0, 0.1) is 0 Å². The highest BCUT2D eigenvalue weighted by molar-refractivity contribution is 5.90. The van der Waals surface area contributed by atoms with Gasteiger partial charge in [0.25, 0.3) is 5.91 Å². The van der Waals surface area contributed by atoms with Crippen molar-refractivity contribution in [1.29, 1.82) is 0 Å². The van der Waals surface area contributed by atoms with Gasteiger partial charge in [0.15, 0.2) is 11.8 Å². The van der Waals surface area contributed by atoms with Gasteiger partial charge >= 0.3 is 5.97 Å². The second kappa shape index (κ2) is 7.21. The van der Waals surface area contributed by atoms with Crippen molar-refractivity contribution in [2.45, 2.75) is 38.3 Å². The highest BCUT2D eigenvalue weighted by atomic mass is 16.5. The average molecular weight is 325 g/mol. The number of hydrogen-bond acceptors (Lipinski definition) is 5. The Hall–Kier alpha value is -2.76. The summed E-state index contributed by atoms with van der Waals surface area (Å²) in [5.74, 6) is -0.969. The lowest BCUT2D eigenvalue weighted by Crippen LogP contribution is -2.39. The molecule has 0 fully saturated rings. The number of fused-ring (bicyclic) bond motifs is 1. The molecule has 0 unspecified atom stereocenters. The molecule has 1 aliphatic carbocycles. The summed E-state index contributed by atoms with van der Waals surface area (Å²) in [6, 6.07) is 8.07. The molecule has 6 heteroatoms. The third kappa shape index (κ3) is 3.59. The Morgan fingerprint density at radius 3 is 2.92 bits per heavy atom. The minimum atomic E-state index is -0.895. The summed E-state index contributed by atoms with van der Waals surface area (Å²) in [5.41, 5.74) is 2.49. The van der Waals surface area contributed by atoms with Gasteiger partial charge in [0.2, 0.25) is 0 Å². The van der Waals surface area contributed by atoms with Crippen molar-refractivity contribution in [1.82, 2.24) is 15.3 Å². The Morgan fingerprint density at radius 1 is 1.29 bits per heavy atom. The summed E-state index contributed by atoms with van der Waals surface area (Å²) in [6.45, 7) is 1.55. The lowest BCUT2D eigenvalue weighted by atomic mass is 9.87. The van der Waals surface area contributed by atoms with E-state index in [1.165, 1.54) is 24.2 Å². The Balaban J connectivity index is 1.62. The number of esters is 1. The van der Waals surface area contributed by atoms with E-state index in [9.17, 15) is 9.59 Å². The van der Waals surface area contributed by atoms with Gasteiger partial charge in [-0.1, -0.05) is 24.3 Å². The molecule has 1 amide bonds. The smallest absolute Gasteiger partial charge is 0.359 e. The monoisotopic (exact) mass is 325 g/mol. The fourth-order valence-electron chi connectivity index (χ4n) is 2.87. The first-order chi connectivity index (χ1) is 11.6. The van der Waals surface area contributed by atoms with Crippen LogP contribution in [0.25, 0.3) is 0 Å². The molecule has 0 saturated carbocycles. The van der Waals surface area contributed by atoms with E-state index in [1.807, 2.05) is 18.2 Å². The Labute approximate surface area is 140 Å². The summed E-state index contributed by atoms with van der Waals surface area (Å²) < 4.78 is 5.17. The largest absolute Gasteiger partial charge is 0.448 e. The van der Waals surface area contributed by atoms with Gasteiger partial charge in [-0.2, -0.15) is 0 Å². The number of aryl methyl sites for hydroxylation is 1. The number of amides is 1. The van der Waals surface area contributed by atoms with Gasteiger partial charge in [0, 0.05) is 12.4 Å². The first kappa shape index (κ1) is 16.1. The zero-order chi connectivity index (χ0) is 16.9. The van der Waals surface area contributed by atoms with Crippen molar-refractivity contribution in [3.8, 4) is 0 Å². The van der Waals surface area contributed by atoms with E-state index in [0.717, 1.165) is 24.8 Å². The van der Waals surface area contributed by atoms with Crippen LogP contribution in [0.4, 0.5) is 0 Å². The van der Waals surface area contributed by atoms with Crippen LogP contribution >= 0.6 is 0 Å². The summed E-state index contributed by atoms with van der Waals surface area (Å²) in [7, 11) is 0. The molecule has 2 atom stereocenters. The number of ether oxygens (including phenoxy) is 1. The SMILES string of the molecule is C[C@@H](OC(=O)c1cnccn1)C(=O)N[C@H]1CCCc2ccccc21. The van der Waals surface area contributed by atoms with Crippen molar-refractivity contribution in [2.75, 3.05) is 0 Å². The molecule has 2 aromatic rings. The summed E-state index contributed by atoms with van der Waals surface area (Å²) in [6.07, 6.45) is 6.22. The van der Waals surface area contributed by atoms with Gasteiger partial charge in [-0.05, 0) is 37.3 Å². The van der Waals surface area contributed by atoms with Crippen LogP contribution in [0.1, 0.15) is 47.4 Å². The van der Waals surface area contributed by atoms with E-state index in [4.69, 9.17) is 4.74 Å². The number of rotatable bonds is 4. The molecular weight excluding hydrogens is 306 g/mol. The van der Waals surface area contributed by atoms with Crippen LogP contribution in [-0.4, -0.2) is 27.9 Å². The number of benzene rings is 1. The van der Waals surface area contributed by atoms with Crippen LogP contribution in [0.2, 0.25) is 0 Å². The summed E-state index contributed by atoms with van der Waals surface area (Å²) >= 11 is 0. The van der Waals surface area contributed by atoms with Crippen molar-refractivity contribution >= 4 is 11.9 Å². The normalized spacial score (nSPS) is 17.5. The van der Waals surface area contributed by atoms with Gasteiger partial charge in [-0.25, -0.2) is 9.78 Å². The number of nitrogens with zero attached hydrogens (tertiary/aromatic N) is 2. The van der Waals surface area contributed by atoms with Gasteiger partial charge < -0.3 is 10.1 Å². The van der Waals surface area contributed by atoms with Crippen LogP contribution < -0.4 is 5.32 Å². The molecule has 0 aliphatic heterocycles. The molecule has 0 bridgehead atoms. The summed E-state index contributed by atoms with van der Waals surface area (Å²) in [5, 5.41) is 2.98. The number of aromatic nitrogens is 2. The fourth-order valence-corrected chi connectivity index (χ4v) is 2.87. The van der Waals surface area contributed by atoms with E-state index in [-0.39, 0.29) is 17.6 Å². The highest BCUT2D eigenvalue weighted by Gasteiger charge is 2.25. The molecule has 24 heavy (non-hydrogen) atoms. The first-order valence-corrected chi connectivity index (χ1v) is 8.00. The highest BCUT2D eigenvalue weighted by Crippen LogP contribution is 2.29. The van der Waals surface area contributed by atoms with Gasteiger partial charge in [-0.3, -0.25) is 9.78 Å². The molecule has 6 nitrogen and oxygen atoms in total. The van der Waals surface area contributed by atoms with E-state index in [2.05, 4.69) is 21.4 Å². The third-order valence-electron chi connectivity index (χ3n) is 4.11. The second-order valence-corrected chi connectivity index (χ2v) is 5.79. The minimum absolute atomic E-state index is 0.0416. The minimum Gasteiger partial charge on any atom is -0.448 e. The molecule has 0 radical (unpaired) electrons. The predicted molar refractivity (Wildman–Crippen MR) is 87.2 cm³/mol. The Kier molecular flexibility index (Phi) is 4.84. The number of carbonyl (C=O) groups is 2. The van der Waals surface area contributed by atoms with E-state index < -0.39 is 12.1 Å². The maximum Gasteiger partial charge on any atom is 0.359 e. The van der Waals surface area contributed by atoms with E-state index in [1.54, 1.807) is 6.92 Å². The molecule has 1 N–H and O–H groups in total. The zero-order valence-corrected chi connectivity index (χ0v) is 13.4. The van der Waals surface area contributed by atoms with E-state index >= 15 is 0 Å². The predicted octanol–water partition coefficient (Wildman–Crippen LogP) is 2.22. The van der Waals surface area contributed by atoms with Crippen molar-refractivity contribution < 1.29 is 14.3 Å². The van der Waals surface area contributed by atoms with Gasteiger partial charge in [0.05, 0.1) is 12.2 Å². The van der Waals surface area contributed by atoms with Crippen LogP contribution in [-0.2, 0) is 16.0 Å². The molecular formula is C18H19N3O3. The van der Waals surface area contributed by atoms with Crippen molar-refractivity contribution in [2.24, 2.45) is 0 Å². The molecule has 1 aromatic carbocycles. The molecule has 0 spiro atoms. The molecule has 124 valence electrons. The molecule has 1 heterocycles. The van der Waals surface area contributed by atoms with E-state index in [0.29, 0.717) is 0 Å². The maximum absolute atomic E-state index is 12.4. The topological polar surface area (TPSA) is 81.2 Å². The maximum atomic E-state index is 12.4.